The fourth-order valence-electron chi connectivity index (χ4n) is 6.68. The van der Waals surface area contributed by atoms with Crippen molar-refractivity contribution in [3.05, 3.63) is 216 Å². The summed E-state index contributed by atoms with van der Waals surface area (Å²) in [5.41, 5.74) is 12.1. The van der Waals surface area contributed by atoms with Gasteiger partial charge in [0.25, 0.3) is 0 Å². The summed E-state index contributed by atoms with van der Waals surface area (Å²) >= 11 is 1.30. The topological polar surface area (TPSA) is 24.9 Å². The van der Waals surface area contributed by atoms with E-state index in [1.807, 2.05) is 18.2 Å². The molecular weight excluding hydrogens is 645 g/mol. The highest BCUT2D eigenvalue weighted by Gasteiger charge is 2.39. The first-order chi connectivity index (χ1) is 25.1. The van der Waals surface area contributed by atoms with Gasteiger partial charge in [0.2, 0.25) is 0 Å². The number of hydrogen-bond acceptors (Lipinski definition) is 5. The van der Waals surface area contributed by atoms with Crippen LogP contribution in [0.5, 0.6) is 0 Å². The second kappa shape index (κ2) is 15.5. The number of aryl methyl sites for hydroxylation is 2. The molecular formula is C46H40N2O2S. The van der Waals surface area contributed by atoms with Crippen LogP contribution in [0, 0.1) is 13.8 Å². The highest BCUT2D eigenvalue weighted by Crippen LogP contribution is 2.50. The van der Waals surface area contributed by atoms with E-state index >= 15 is 0 Å². The van der Waals surface area contributed by atoms with Crippen molar-refractivity contribution in [2.24, 2.45) is 0 Å². The van der Waals surface area contributed by atoms with Gasteiger partial charge in [-0.15, -0.1) is 0 Å². The number of hydrogen-bond donors (Lipinski definition) is 0. The van der Waals surface area contributed by atoms with Crippen LogP contribution in [-0.2, 0) is 14.0 Å². The van der Waals surface area contributed by atoms with Crippen LogP contribution in [0.15, 0.2) is 188 Å². The minimum Gasteiger partial charge on any atom is -0.310 e. The molecule has 7 aromatic rings. The van der Waals surface area contributed by atoms with Gasteiger partial charge < -0.3 is 9.80 Å². The van der Waals surface area contributed by atoms with E-state index in [1.165, 1.54) is 23.2 Å². The predicted octanol–water partition coefficient (Wildman–Crippen LogP) is 12.8. The largest absolute Gasteiger partial charge is 0.310 e. The third-order valence-electron chi connectivity index (χ3n) is 9.02. The molecule has 0 N–H and O–H groups in total. The zero-order chi connectivity index (χ0) is 35.0. The summed E-state index contributed by atoms with van der Waals surface area (Å²) in [7, 11) is 1.55. The first-order valence-electron chi connectivity index (χ1n) is 17.1. The Hall–Kier alpha value is -5.59. The molecule has 0 atom stereocenters. The van der Waals surface area contributed by atoms with Gasteiger partial charge in [0, 0.05) is 34.1 Å². The van der Waals surface area contributed by atoms with Crippen molar-refractivity contribution in [1.82, 2.24) is 0 Å². The van der Waals surface area contributed by atoms with Crippen LogP contribution in [0.4, 0.5) is 34.1 Å². The summed E-state index contributed by atoms with van der Waals surface area (Å²) in [5.74, 6) is 0. The average molecular weight is 685 g/mol. The van der Waals surface area contributed by atoms with Gasteiger partial charge in [-0.2, -0.15) is 4.33 Å². The lowest BCUT2D eigenvalue weighted by Crippen LogP contribution is -2.26. The molecule has 0 aliphatic heterocycles. The molecule has 0 heterocycles. The van der Waals surface area contributed by atoms with Crippen molar-refractivity contribution in [3.63, 3.8) is 0 Å². The Bertz CT molecular complexity index is 2020. The smallest absolute Gasteiger partial charge is 0.120 e. The lowest BCUT2D eigenvalue weighted by molar-refractivity contribution is -0.161. The van der Waals surface area contributed by atoms with Crippen LogP contribution < -0.4 is 9.80 Å². The van der Waals surface area contributed by atoms with Gasteiger partial charge in [-0.25, -0.2) is 4.89 Å². The van der Waals surface area contributed by atoms with E-state index in [0.717, 1.165) is 50.8 Å². The van der Waals surface area contributed by atoms with Crippen molar-refractivity contribution in [2.75, 3.05) is 16.9 Å². The molecule has 0 aliphatic carbocycles. The Kier molecular flexibility index (Phi) is 10.3. The number of benzene rings is 7. The van der Waals surface area contributed by atoms with Gasteiger partial charge in [-0.3, -0.25) is 0 Å². The van der Waals surface area contributed by atoms with Crippen molar-refractivity contribution >= 4 is 46.2 Å². The van der Waals surface area contributed by atoms with Crippen LogP contribution in [0.25, 0.3) is 0 Å². The Labute approximate surface area is 305 Å². The Morgan fingerprint density at radius 3 is 1.14 bits per heavy atom. The second-order valence-corrected chi connectivity index (χ2v) is 13.4. The fraction of sp³-hybridized carbons (Fsp3) is 0.0870. The third kappa shape index (κ3) is 7.19. The molecule has 0 radical (unpaired) electrons. The van der Waals surface area contributed by atoms with Crippen LogP contribution in [0.1, 0.15) is 27.8 Å². The van der Waals surface area contributed by atoms with Gasteiger partial charge in [-0.05, 0) is 114 Å². The van der Waals surface area contributed by atoms with E-state index in [1.54, 1.807) is 7.11 Å². The van der Waals surface area contributed by atoms with Crippen molar-refractivity contribution in [2.45, 2.75) is 18.6 Å². The molecule has 0 aromatic heterocycles. The lowest BCUT2D eigenvalue weighted by atomic mass is 9.83. The molecule has 0 saturated carbocycles. The number of anilines is 6. The minimum atomic E-state index is -0.754. The second-order valence-electron chi connectivity index (χ2n) is 12.5. The molecule has 7 aromatic carbocycles. The molecule has 0 saturated heterocycles. The Morgan fingerprint density at radius 1 is 0.392 bits per heavy atom. The van der Waals surface area contributed by atoms with Gasteiger partial charge in [-0.1, -0.05) is 115 Å². The van der Waals surface area contributed by atoms with Gasteiger partial charge in [0.15, 0.2) is 0 Å². The van der Waals surface area contributed by atoms with Crippen LogP contribution >= 0.6 is 12.0 Å². The Balaban J connectivity index is 1.35. The lowest BCUT2D eigenvalue weighted by Gasteiger charge is -2.34. The predicted molar refractivity (Wildman–Crippen MR) is 214 cm³/mol. The highest BCUT2D eigenvalue weighted by atomic mass is 32.2. The Morgan fingerprint density at radius 2 is 0.745 bits per heavy atom. The van der Waals surface area contributed by atoms with E-state index in [4.69, 9.17) is 9.22 Å². The normalized spacial score (nSPS) is 11.3. The monoisotopic (exact) mass is 684 g/mol. The van der Waals surface area contributed by atoms with Crippen LogP contribution in [-0.4, -0.2) is 7.11 Å². The third-order valence-corrected chi connectivity index (χ3v) is 10.2. The maximum atomic E-state index is 5.82. The summed E-state index contributed by atoms with van der Waals surface area (Å²) in [6.07, 6.45) is 0. The molecule has 0 bridgehead atoms. The number of rotatable bonds is 12. The van der Waals surface area contributed by atoms with Crippen molar-refractivity contribution in [3.8, 4) is 0 Å². The van der Waals surface area contributed by atoms with Crippen molar-refractivity contribution in [1.29, 1.82) is 0 Å². The molecule has 0 amide bonds. The van der Waals surface area contributed by atoms with Crippen molar-refractivity contribution < 1.29 is 9.22 Å². The molecule has 5 heteroatoms. The van der Waals surface area contributed by atoms with Crippen LogP contribution in [0.2, 0.25) is 0 Å². The first-order valence-corrected chi connectivity index (χ1v) is 17.8. The van der Waals surface area contributed by atoms with E-state index in [2.05, 4.69) is 194 Å². The molecule has 252 valence electrons. The molecule has 51 heavy (non-hydrogen) atoms. The summed E-state index contributed by atoms with van der Waals surface area (Å²) in [4.78, 5) is 9.87. The maximum Gasteiger partial charge on any atom is 0.120 e. The highest BCUT2D eigenvalue weighted by molar-refractivity contribution is 7.96. The average Bonchev–Trinajstić information content (AvgIpc) is 3.18. The summed E-state index contributed by atoms with van der Waals surface area (Å²) < 4.78 is 5.06. The van der Waals surface area contributed by atoms with Gasteiger partial charge in [0.1, 0.15) is 4.75 Å². The molecule has 0 fully saturated rings. The molecule has 4 nitrogen and oxygen atoms in total. The SMILES string of the molecule is COOSC(c1ccccc1)(c1ccc(N(c2ccccc2)c2cccc(C)c2)cc1)c1ccc(N(c2ccccc2)c2cccc(C)c2)cc1. The van der Waals surface area contributed by atoms with E-state index < -0.39 is 4.75 Å². The molecule has 7 rings (SSSR count). The van der Waals surface area contributed by atoms with Crippen LogP contribution in [0.3, 0.4) is 0 Å². The van der Waals surface area contributed by atoms with E-state index in [-0.39, 0.29) is 0 Å². The summed E-state index contributed by atoms with van der Waals surface area (Å²) in [6.45, 7) is 4.25. The summed E-state index contributed by atoms with van der Waals surface area (Å²) in [5, 5.41) is 0. The zero-order valence-electron chi connectivity index (χ0n) is 29.0. The van der Waals surface area contributed by atoms with Gasteiger partial charge >= 0.3 is 0 Å². The van der Waals surface area contributed by atoms with E-state index in [0.29, 0.717) is 0 Å². The van der Waals surface area contributed by atoms with Gasteiger partial charge in [0.05, 0.1) is 19.2 Å². The standard InChI is InChI=1S/C46H40N2O2S/c1-35-15-13-23-44(33-35)47(40-19-9-5-10-20-40)42-29-25-38(26-30-42)46(51-50-49-3,37-17-7-4-8-18-37)39-27-31-43(32-28-39)48(41-21-11-6-12-22-41)45-24-14-16-36(2)34-45/h4-34H,1-3H3. The molecule has 0 unspecified atom stereocenters. The summed E-state index contributed by atoms with van der Waals surface area (Å²) in [6, 6.07) is 66.3. The number of nitrogens with zero attached hydrogens (tertiary/aromatic N) is 2. The first kappa shape index (κ1) is 33.9. The molecule has 0 aliphatic rings. The quantitative estimate of drug-likeness (QED) is 0.0552. The number of para-hydroxylation sites is 2. The van der Waals surface area contributed by atoms with E-state index in [9.17, 15) is 0 Å². The molecule has 0 spiro atoms. The minimum absolute atomic E-state index is 0.754. The maximum absolute atomic E-state index is 5.82. The fourth-order valence-corrected chi connectivity index (χ4v) is 7.54. The zero-order valence-corrected chi connectivity index (χ0v) is 29.8.